The van der Waals surface area contributed by atoms with E-state index in [0.717, 1.165) is 16.7 Å². The Balaban J connectivity index is 1.99. The average molecular weight is 286 g/mol. The predicted octanol–water partition coefficient (Wildman–Crippen LogP) is 2.01. The van der Waals surface area contributed by atoms with Crippen LogP contribution in [0.15, 0.2) is 42.6 Å². The lowest BCUT2D eigenvalue weighted by Gasteiger charge is -2.11. The first kappa shape index (κ1) is 15.0. The van der Waals surface area contributed by atoms with Crippen molar-refractivity contribution in [3.05, 3.63) is 59.3 Å². The van der Waals surface area contributed by atoms with E-state index in [9.17, 15) is 4.79 Å². The molecule has 0 aliphatic heterocycles. The Bertz CT molecular complexity index is 614. The summed E-state index contributed by atoms with van der Waals surface area (Å²) >= 11 is 0. The average Bonchev–Trinajstić information content (AvgIpc) is 2.49. The molecule has 0 fully saturated rings. The van der Waals surface area contributed by atoms with E-state index in [-0.39, 0.29) is 6.42 Å². The highest BCUT2D eigenvalue weighted by molar-refractivity contribution is 5.70. The molecule has 2 N–H and O–H groups in total. The number of nitrogens with one attached hydrogen (secondary N) is 1. The summed E-state index contributed by atoms with van der Waals surface area (Å²) in [5.74, 6) is -0.222. The van der Waals surface area contributed by atoms with E-state index in [1.165, 1.54) is 0 Å². The Hall–Kier alpha value is -2.40. The summed E-state index contributed by atoms with van der Waals surface area (Å²) in [7, 11) is 1.59. The van der Waals surface area contributed by atoms with Crippen molar-refractivity contribution in [1.82, 2.24) is 10.3 Å². The number of rotatable bonds is 7. The van der Waals surface area contributed by atoms with E-state index in [2.05, 4.69) is 10.3 Å². The SMILES string of the molecule is COc1ncccc1CNCc1ccccc1CC(=O)O. The third kappa shape index (κ3) is 4.29. The number of ether oxygens (including phenoxy) is 1. The third-order valence-corrected chi connectivity index (χ3v) is 3.13. The van der Waals surface area contributed by atoms with Crippen LogP contribution < -0.4 is 10.1 Å². The Morgan fingerprint density at radius 1 is 1.14 bits per heavy atom. The lowest BCUT2D eigenvalue weighted by molar-refractivity contribution is -0.136. The molecule has 0 unspecified atom stereocenters. The van der Waals surface area contributed by atoms with Crippen LogP contribution in [0.4, 0.5) is 0 Å². The first-order valence-electron chi connectivity index (χ1n) is 6.68. The van der Waals surface area contributed by atoms with E-state index in [1.54, 1.807) is 13.3 Å². The molecular formula is C16H18N2O3. The van der Waals surface area contributed by atoms with Gasteiger partial charge in [-0.15, -0.1) is 0 Å². The third-order valence-electron chi connectivity index (χ3n) is 3.13. The number of hydrogen-bond donors (Lipinski definition) is 2. The molecule has 21 heavy (non-hydrogen) atoms. The second kappa shape index (κ2) is 7.40. The first-order chi connectivity index (χ1) is 10.2. The summed E-state index contributed by atoms with van der Waals surface area (Å²) in [6.45, 7) is 1.21. The lowest BCUT2D eigenvalue weighted by Crippen LogP contribution is -2.15. The van der Waals surface area contributed by atoms with E-state index in [1.807, 2.05) is 36.4 Å². The van der Waals surface area contributed by atoms with Crippen molar-refractivity contribution in [1.29, 1.82) is 0 Å². The maximum Gasteiger partial charge on any atom is 0.307 e. The maximum atomic E-state index is 10.9. The fourth-order valence-electron chi connectivity index (χ4n) is 2.14. The van der Waals surface area contributed by atoms with E-state index >= 15 is 0 Å². The van der Waals surface area contributed by atoms with Crippen molar-refractivity contribution in [3.8, 4) is 5.88 Å². The number of pyridine rings is 1. The number of carbonyl (C=O) groups is 1. The van der Waals surface area contributed by atoms with Gasteiger partial charge in [0.25, 0.3) is 0 Å². The Morgan fingerprint density at radius 3 is 2.52 bits per heavy atom. The summed E-state index contributed by atoms with van der Waals surface area (Å²) in [5.41, 5.74) is 2.79. The largest absolute Gasteiger partial charge is 0.481 e. The van der Waals surface area contributed by atoms with Crippen LogP contribution in [-0.2, 0) is 24.3 Å². The van der Waals surface area contributed by atoms with Gasteiger partial charge in [0.1, 0.15) is 0 Å². The summed E-state index contributed by atoms with van der Waals surface area (Å²) in [5, 5.41) is 12.2. The molecule has 2 rings (SSSR count). The van der Waals surface area contributed by atoms with Gasteiger partial charge in [0.15, 0.2) is 0 Å². The molecule has 5 nitrogen and oxygen atoms in total. The number of benzene rings is 1. The van der Waals surface area contributed by atoms with Gasteiger partial charge in [-0.05, 0) is 17.2 Å². The summed E-state index contributed by atoms with van der Waals surface area (Å²) < 4.78 is 5.20. The molecule has 110 valence electrons. The van der Waals surface area contributed by atoms with E-state index in [4.69, 9.17) is 9.84 Å². The van der Waals surface area contributed by atoms with Gasteiger partial charge >= 0.3 is 5.97 Å². The number of carboxylic acids is 1. The van der Waals surface area contributed by atoms with Gasteiger partial charge in [-0.25, -0.2) is 4.98 Å². The number of hydrogen-bond acceptors (Lipinski definition) is 4. The molecule has 0 saturated carbocycles. The van der Waals surface area contributed by atoms with Crippen LogP contribution >= 0.6 is 0 Å². The standard InChI is InChI=1S/C16H18N2O3/c1-21-16-14(7-4-8-18-16)11-17-10-13-6-3-2-5-12(13)9-15(19)20/h2-8,17H,9-11H2,1H3,(H,19,20). The molecule has 0 spiro atoms. The number of aliphatic carboxylic acids is 1. The number of aromatic nitrogens is 1. The second-order valence-corrected chi connectivity index (χ2v) is 4.61. The van der Waals surface area contributed by atoms with Crippen LogP contribution in [0.2, 0.25) is 0 Å². The molecule has 2 aromatic rings. The Labute approximate surface area is 123 Å². The van der Waals surface area contributed by atoms with Crippen LogP contribution in [0.5, 0.6) is 5.88 Å². The molecule has 0 amide bonds. The molecule has 1 heterocycles. The quantitative estimate of drug-likeness (QED) is 0.814. The van der Waals surface area contributed by atoms with Crippen LogP contribution in [0.1, 0.15) is 16.7 Å². The number of nitrogens with zero attached hydrogens (tertiary/aromatic N) is 1. The number of carboxylic acid groups (broad SMARTS) is 1. The molecule has 0 radical (unpaired) electrons. The molecule has 0 aliphatic carbocycles. The van der Waals surface area contributed by atoms with Crippen LogP contribution in [-0.4, -0.2) is 23.2 Å². The minimum absolute atomic E-state index is 0.0358. The molecule has 0 saturated heterocycles. The van der Waals surface area contributed by atoms with Crippen LogP contribution in [0, 0.1) is 0 Å². The van der Waals surface area contributed by atoms with Crippen molar-refractivity contribution in [2.75, 3.05) is 7.11 Å². The van der Waals surface area contributed by atoms with Gasteiger partial charge in [0, 0.05) is 24.8 Å². The zero-order valence-electron chi connectivity index (χ0n) is 11.9. The highest BCUT2D eigenvalue weighted by atomic mass is 16.5. The molecule has 0 aliphatic rings. The van der Waals surface area contributed by atoms with Gasteiger partial charge in [-0.3, -0.25) is 4.79 Å². The lowest BCUT2D eigenvalue weighted by atomic mass is 10.0. The normalized spacial score (nSPS) is 10.3. The Kier molecular flexibility index (Phi) is 5.29. The van der Waals surface area contributed by atoms with Crippen molar-refractivity contribution >= 4 is 5.97 Å². The van der Waals surface area contributed by atoms with Gasteiger partial charge in [0.05, 0.1) is 13.5 Å². The molecule has 5 heteroatoms. The predicted molar refractivity (Wildman–Crippen MR) is 79.1 cm³/mol. The van der Waals surface area contributed by atoms with Crippen molar-refractivity contribution in [2.45, 2.75) is 19.5 Å². The zero-order chi connectivity index (χ0) is 15.1. The van der Waals surface area contributed by atoms with Crippen LogP contribution in [0.25, 0.3) is 0 Å². The smallest absolute Gasteiger partial charge is 0.307 e. The summed E-state index contributed by atoms with van der Waals surface area (Å²) in [6.07, 6.45) is 1.72. The molecule has 1 aromatic carbocycles. The molecule has 1 aromatic heterocycles. The topological polar surface area (TPSA) is 71.5 Å². The van der Waals surface area contributed by atoms with Gasteiger partial charge in [-0.2, -0.15) is 0 Å². The van der Waals surface area contributed by atoms with Gasteiger partial charge in [0.2, 0.25) is 5.88 Å². The fraction of sp³-hybridized carbons (Fsp3) is 0.250. The van der Waals surface area contributed by atoms with Crippen LogP contribution in [0.3, 0.4) is 0 Å². The summed E-state index contributed by atoms with van der Waals surface area (Å²) in [6, 6.07) is 11.3. The number of methoxy groups -OCH3 is 1. The van der Waals surface area contributed by atoms with Crippen molar-refractivity contribution in [3.63, 3.8) is 0 Å². The minimum Gasteiger partial charge on any atom is -0.481 e. The zero-order valence-corrected chi connectivity index (χ0v) is 11.9. The Morgan fingerprint density at radius 2 is 1.81 bits per heavy atom. The molecule has 0 atom stereocenters. The second-order valence-electron chi connectivity index (χ2n) is 4.61. The molecular weight excluding hydrogens is 268 g/mol. The van der Waals surface area contributed by atoms with Crippen molar-refractivity contribution in [2.24, 2.45) is 0 Å². The van der Waals surface area contributed by atoms with Gasteiger partial charge < -0.3 is 15.2 Å². The highest BCUT2D eigenvalue weighted by Gasteiger charge is 2.07. The monoisotopic (exact) mass is 286 g/mol. The van der Waals surface area contributed by atoms with E-state index < -0.39 is 5.97 Å². The minimum atomic E-state index is -0.823. The maximum absolute atomic E-state index is 10.9. The highest BCUT2D eigenvalue weighted by Crippen LogP contribution is 2.14. The fourth-order valence-corrected chi connectivity index (χ4v) is 2.14. The molecule has 0 bridgehead atoms. The first-order valence-corrected chi connectivity index (χ1v) is 6.68. The summed E-state index contributed by atoms with van der Waals surface area (Å²) in [4.78, 5) is 15.0. The van der Waals surface area contributed by atoms with Crippen molar-refractivity contribution < 1.29 is 14.6 Å². The van der Waals surface area contributed by atoms with Gasteiger partial charge in [-0.1, -0.05) is 30.3 Å². The van der Waals surface area contributed by atoms with E-state index in [0.29, 0.717) is 19.0 Å².